The van der Waals surface area contributed by atoms with E-state index in [0.29, 0.717) is 32.5 Å². The summed E-state index contributed by atoms with van der Waals surface area (Å²) < 4.78 is 4.91. The Labute approximate surface area is 127 Å². The fraction of sp³-hybridized carbons (Fsp3) is 0.857. The lowest BCUT2D eigenvalue weighted by atomic mass is 10.1. The molecule has 124 valence electrons. The molecular formula is C14H29N3O4. The van der Waals surface area contributed by atoms with Crippen LogP contribution in [0.15, 0.2) is 0 Å². The predicted octanol–water partition coefficient (Wildman–Crippen LogP) is 0.849. The van der Waals surface area contributed by atoms with E-state index < -0.39 is 12.0 Å². The first-order valence-corrected chi connectivity index (χ1v) is 7.34. The highest BCUT2D eigenvalue weighted by Crippen LogP contribution is 2.01. The van der Waals surface area contributed by atoms with E-state index in [-0.39, 0.29) is 6.03 Å². The van der Waals surface area contributed by atoms with E-state index in [1.165, 1.54) is 0 Å². The van der Waals surface area contributed by atoms with Crippen molar-refractivity contribution in [3.63, 3.8) is 0 Å². The molecule has 0 aliphatic carbocycles. The minimum Gasteiger partial charge on any atom is -0.480 e. The van der Waals surface area contributed by atoms with E-state index in [4.69, 9.17) is 9.84 Å². The van der Waals surface area contributed by atoms with Crippen LogP contribution in [-0.4, -0.2) is 80.4 Å². The summed E-state index contributed by atoms with van der Waals surface area (Å²) >= 11 is 0. The maximum atomic E-state index is 12.2. The molecular weight excluding hydrogens is 274 g/mol. The van der Waals surface area contributed by atoms with Gasteiger partial charge in [-0.2, -0.15) is 0 Å². The van der Waals surface area contributed by atoms with Crippen LogP contribution >= 0.6 is 0 Å². The van der Waals surface area contributed by atoms with Gasteiger partial charge in [0.05, 0.1) is 0 Å². The second kappa shape index (κ2) is 11.3. The summed E-state index contributed by atoms with van der Waals surface area (Å²) in [5.41, 5.74) is 0. The zero-order valence-corrected chi connectivity index (χ0v) is 13.6. The van der Waals surface area contributed by atoms with Crippen molar-refractivity contribution < 1.29 is 19.4 Å². The molecule has 2 amide bonds. The molecule has 7 nitrogen and oxygen atoms in total. The summed E-state index contributed by atoms with van der Waals surface area (Å²) in [5.74, 6) is -1.01. The third kappa shape index (κ3) is 9.25. The van der Waals surface area contributed by atoms with Crippen LogP contribution in [-0.2, 0) is 9.53 Å². The van der Waals surface area contributed by atoms with Crippen molar-refractivity contribution in [1.29, 1.82) is 0 Å². The topological polar surface area (TPSA) is 82.1 Å². The van der Waals surface area contributed by atoms with Crippen molar-refractivity contribution in [2.24, 2.45) is 0 Å². The lowest BCUT2D eigenvalue weighted by molar-refractivity contribution is -0.139. The van der Waals surface area contributed by atoms with Gasteiger partial charge in [0.25, 0.3) is 0 Å². The molecule has 7 heteroatoms. The zero-order chi connectivity index (χ0) is 16.3. The van der Waals surface area contributed by atoms with Crippen molar-refractivity contribution in [3.05, 3.63) is 0 Å². The maximum absolute atomic E-state index is 12.2. The summed E-state index contributed by atoms with van der Waals surface area (Å²) in [6.07, 6.45) is 1.80. The minimum absolute atomic E-state index is 0.316. The lowest BCUT2D eigenvalue weighted by Gasteiger charge is -2.26. The van der Waals surface area contributed by atoms with Crippen molar-refractivity contribution in [2.75, 3.05) is 47.4 Å². The number of carboxylic acids is 1. The smallest absolute Gasteiger partial charge is 0.326 e. The average molecular weight is 303 g/mol. The molecule has 0 aliphatic rings. The Morgan fingerprint density at radius 3 is 2.38 bits per heavy atom. The Bertz CT molecular complexity index is 311. The SMILES string of the molecule is CCCN(CCN(C)C)C(=O)NC(CCCOC)C(=O)O. The van der Waals surface area contributed by atoms with Gasteiger partial charge in [-0.3, -0.25) is 0 Å². The first-order valence-electron chi connectivity index (χ1n) is 7.34. The van der Waals surface area contributed by atoms with Gasteiger partial charge in [-0.25, -0.2) is 9.59 Å². The summed E-state index contributed by atoms with van der Waals surface area (Å²) in [7, 11) is 5.44. The van der Waals surface area contributed by atoms with Crippen molar-refractivity contribution >= 4 is 12.0 Å². The Kier molecular flexibility index (Phi) is 10.6. The normalized spacial score (nSPS) is 12.2. The lowest BCUT2D eigenvalue weighted by Crippen LogP contribution is -2.49. The van der Waals surface area contributed by atoms with Crippen LogP contribution in [0.3, 0.4) is 0 Å². The van der Waals surface area contributed by atoms with Gasteiger partial charge < -0.3 is 25.0 Å². The number of hydrogen-bond acceptors (Lipinski definition) is 4. The molecule has 0 bridgehead atoms. The largest absolute Gasteiger partial charge is 0.480 e. The number of aliphatic carboxylic acids is 1. The molecule has 0 aliphatic heterocycles. The molecule has 0 rings (SSSR count). The number of ether oxygens (including phenoxy) is 1. The fourth-order valence-electron chi connectivity index (χ4n) is 1.84. The number of carbonyl (C=O) groups excluding carboxylic acids is 1. The number of amides is 2. The number of rotatable bonds is 11. The summed E-state index contributed by atoms with van der Waals surface area (Å²) in [4.78, 5) is 27.0. The van der Waals surface area contributed by atoms with E-state index in [1.807, 2.05) is 25.9 Å². The third-order valence-electron chi connectivity index (χ3n) is 3.03. The van der Waals surface area contributed by atoms with Crippen LogP contribution in [0.2, 0.25) is 0 Å². The Morgan fingerprint density at radius 1 is 1.24 bits per heavy atom. The number of carbonyl (C=O) groups is 2. The highest BCUT2D eigenvalue weighted by atomic mass is 16.5. The Hall–Kier alpha value is -1.34. The summed E-state index contributed by atoms with van der Waals surface area (Å²) in [5, 5.41) is 11.8. The molecule has 0 aromatic carbocycles. The average Bonchev–Trinajstić information content (AvgIpc) is 2.41. The molecule has 0 aromatic heterocycles. The number of urea groups is 1. The molecule has 0 spiro atoms. The van der Waals surface area contributed by atoms with E-state index >= 15 is 0 Å². The maximum Gasteiger partial charge on any atom is 0.326 e. The highest BCUT2D eigenvalue weighted by Gasteiger charge is 2.22. The monoisotopic (exact) mass is 303 g/mol. The van der Waals surface area contributed by atoms with Crippen LogP contribution in [0.5, 0.6) is 0 Å². The number of carboxylic acid groups (broad SMARTS) is 1. The Balaban J connectivity index is 4.48. The van der Waals surface area contributed by atoms with Crippen LogP contribution in [0.25, 0.3) is 0 Å². The first-order chi connectivity index (χ1) is 9.92. The van der Waals surface area contributed by atoms with Crippen molar-refractivity contribution in [3.8, 4) is 0 Å². The first kappa shape index (κ1) is 19.7. The van der Waals surface area contributed by atoms with Gasteiger partial charge in [-0.15, -0.1) is 0 Å². The van der Waals surface area contributed by atoms with Gasteiger partial charge in [0.2, 0.25) is 0 Å². The molecule has 0 fully saturated rings. The van der Waals surface area contributed by atoms with E-state index in [1.54, 1.807) is 12.0 Å². The van der Waals surface area contributed by atoms with Gasteiger partial charge in [0.15, 0.2) is 0 Å². The second-order valence-electron chi connectivity index (χ2n) is 5.27. The van der Waals surface area contributed by atoms with Crippen molar-refractivity contribution in [2.45, 2.75) is 32.2 Å². The minimum atomic E-state index is -1.01. The van der Waals surface area contributed by atoms with E-state index in [2.05, 4.69) is 5.32 Å². The zero-order valence-electron chi connectivity index (χ0n) is 13.6. The summed E-state index contributed by atoms with van der Waals surface area (Å²) in [6.45, 7) is 4.41. The molecule has 0 radical (unpaired) electrons. The number of nitrogens with zero attached hydrogens (tertiary/aromatic N) is 2. The molecule has 2 N–H and O–H groups in total. The number of hydrogen-bond donors (Lipinski definition) is 2. The van der Waals surface area contributed by atoms with E-state index in [9.17, 15) is 9.59 Å². The fourth-order valence-corrected chi connectivity index (χ4v) is 1.84. The van der Waals surface area contributed by atoms with E-state index in [0.717, 1.165) is 13.0 Å². The number of nitrogens with one attached hydrogen (secondary N) is 1. The molecule has 0 heterocycles. The second-order valence-corrected chi connectivity index (χ2v) is 5.27. The molecule has 1 atom stereocenters. The molecule has 0 saturated carbocycles. The number of likely N-dealkylation sites (N-methyl/N-ethyl adjacent to an activating group) is 1. The van der Waals surface area contributed by atoms with Gasteiger partial charge in [-0.1, -0.05) is 6.92 Å². The molecule has 1 unspecified atom stereocenters. The van der Waals surface area contributed by atoms with Crippen LogP contribution in [0.4, 0.5) is 4.79 Å². The number of methoxy groups -OCH3 is 1. The molecule has 21 heavy (non-hydrogen) atoms. The Morgan fingerprint density at radius 2 is 1.90 bits per heavy atom. The van der Waals surface area contributed by atoms with Gasteiger partial charge in [0, 0.05) is 33.4 Å². The van der Waals surface area contributed by atoms with Crippen LogP contribution in [0, 0.1) is 0 Å². The highest BCUT2D eigenvalue weighted by molar-refractivity contribution is 5.82. The third-order valence-corrected chi connectivity index (χ3v) is 3.03. The molecule has 0 aromatic rings. The molecule has 0 saturated heterocycles. The van der Waals surface area contributed by atoms with Crippen LogP contribution in [0.1, 0.15) is 26.2 Å². The van der Waals surface area contributed by atoms with Crippen LogP contribution < -0.4 is 5.32 Å². The van der Waals surface area contributed by atoms with Crippen molar-refractivity contribution in [1.82, 2.24) is 15.1 Å². The standard InChI is InChI=1S/C14H29N3O4/c1-5-8-17(10-9-16(2)3)14(20)15-12(13(18)19)7-6-11-21-4/h12H,5-11H2,1-4H3,(H,15,20)(H,18,19). The van der Waals surface area contributed by atoms with Gasteiger partial charge in [-0.05, 0) is 33.4 Å². The quantitative estimate of drug-likeness (QED) is 0.553. The van der Waals surface area contributed by atoms with Gasteiger partial charge in [0.1, 0.15) is 6.04 Å². The predicted molar refractivity (Wildman–Crippen MR) is 81.5 cm³/mol. The summed E-state index contributed by atoms with van der Waals surface area (Å²) in [6, 6.07) is -1.19. The van der Waals surface area contributed by atoms with Gasteiger partial charge >= 0.3 is 12.0 Å².